The Balaban J connectivity index is 2.86. The van der Waals surface area contributed by atoms with Gasteiger partial charge in [-0.25, -0.2) is 0 Å². The highest BCUT2D eigenvalue weighted by Crippen LogP contribution is 2.11. The lowest BCUT2D eigenvalue weighted by atomic mass is 10.2. The number of hydrogen-bond donors (Lipinski definition) is 0. The van der Waals surface area contributed by atoms with Gasteiger partial charge in [0.05, 0.1) is 13.2 Å². The number of carbonyl (C=O) groups excluding carboxylic acids is 2. The van der Waals surface area contributed by atoms with Crippen LogP contribution in [0.1, 0.15) is 45.7 Å². The van der Waals surface area contributed by atoms with E-state index in [1.165, 1.54) is 0 Å². The van der Waals surface area contributed by atoms with Gasteiger partial charge in [0.2, 0.25) is 11.8 Å². The first kappa shape index (κ1) is 21.2. The Morgan fingerprint density at radius 2 is 2.00 bits per heavy atom. The molecule has 1 rings (SSSR count). The van der Waals surface area contributed by atoms with Crippen molar-refractivity contribution in [3.8, 4) is 0 Å². The summed E-state index contributed by atoms with van der Waals surface area (Å²) in [6.07, 6.45) is 4.06. The third kappa shape index (κ3) is 6.53. The van der Waals surface area contributed by atoms with Crippen molar-refractivity contribution in [1.82, 2.24) is 14.4 Å². The van der Waals surface area contributed by atoms with Crippen LogP contribution in [-0.2, 0) is 27.9 Å². The van der Waals surface area contributed by atoms with Crippen molar-refractivity contribution in [3.63, 3.8) is 0 Å². The van der Waals surface area contributed by atoms with Gasteiger partial charge in [-0.15, -0.1) is 0 Å². The molecule has 0 N–H and O–H groups in total. The standard InChI is InChI=1S/C19H33N3O3/c1-6-9-18(23)22(16(3)7-2)15-19(24)21(12-13-25-5)14-17-10-8-11-20(17)4/h8,10-11,16H,6-7,9,12-15H2,1-5H3. The maximum absolute atomic E-state index is 12.9. The van der Waals surface area contributed by atoms with E-state index in [-0.39, 0.29) is 24.4 Å². The quantitative estimate of drug-likeness (QED) is 0.615. The summed E-state index contributed by atoms with van der Waals surface area (Å²) in [5, 5.41) is 0. The third-order valence-electron chi connectivity index (χ3n) is 4.53. The Kier molecular flexibility index (Phi) is 9.27. The maximum Gasteiger partial charge on any atom is 0.242 e. The van der Waals surface area contributed by atoms with Gasteiger partial charge in [0, 0.05) is 45.1 Å². The fraction of sp³-hybridized carbons (Fsp3) is 0.684. The van der Waals surface area contributed by atoms with E-state index in [1.807, 2.05) is 50.7 Å². The van der Waals surface area contributed by atoms with E-state index in [0.29, 0.717) is 26.1 Å². The molecule has 0 fully saturated rings. The highest BCUT2D eigenvalue weighted by molar-refractivity contribution is 5.85. The zero-order valence-electron chi connectivity index (χ0n) is 16.3. The molecule has 0 spiro atoms. The third-order valence-corrected chi connectivity index (χ3v) is 4.53. The monoisotopic (exact) mass is 351 g/mol. The van der Waals surface area contributed by atoms with Crippen LogP contribution in [0, 0.1) is 0 Å². The zero-order valence-corrected chi connectivity index (χ0v) is 16.3. The van der Waals surface area contributed by atoms with Crippen LogP contribution in [0.25, 0.3) is 0 Å². The van der Waals surface area contributed by atoms with Gasteiger partial charge in [0.25, 0.3) is 0 Å². The molecule has 0 bridgehead atoms. The molecule has 1 aromatic rings. The number of carbonyl (C=O) groups is 2. The van der Waals surface area contributed by atoms with Crippen LogP contribution >= 0.6 is 0 Å². The SMILES string of the molecule is CCCC(=O)N(CC(=O)N(CCOC)Cc1cccn1C)C(C)CC. The second-order valence-electron chi connectivity index (χ2n) is 6.45. The van der Waals surface area contributed by atoms with E-state index in [2.05, 4.69) is 0 Å². The molecular formula is C19H33N3O3. The summed E-state index contributed by atoms with van der Waals surface area (Å²) in [6, 6.07) is 4.02. The molecule has 6 heteroatoms. The van der Waals surface area contributed by atoms with E-state index in [0.717, 1.165) is 18.5 Å². The number of nitrogens with zero attached hydrogens (tertiary/aromatic N) is 3. The van der Waals surface area contributed by atoms with Crippen LogP contribution in [0.3, 0.4) is 0 Å². The van der Waals surface area contributed by atoms with Gasteiger partial charge in [-0.3, -0.25) is 9.59 Å². The summed E-state index contributed by atoms with van der Waals surface area (Å²) in [6.45, 7) is 7.64. The molecule has 0 saturated heterocycles. The Hall–Kier alpha value is -1.82. The van der Waals surface area contributed by atoms with Crippen LogP contribution < -0.4 is 0 Å². The predicted molar refractivity (Wildman–Crippen MR) is 99.1 cm³/mol. The molecule has 0 saturated carbocycles. The molecule has 0 aliphatic carbocycles. The minimum Gasteiger partial charge on any atom is -0.383 e. The van der Waals surface area contributed by atoms with Crippen molar-refractivity contribution in [2.45, 2.75) is 52.6 Å². The summed E-state index contributed by atoms with van der Waals surface area (Å²) in [4.78, 5) is 28.8. The first-order valence-electron chi connectivity index (χ1n) is 9.10. The number of hydrogen-bond acceptors (Lipinski definition) is 3. The Bertz CT molecular complexity index is 542. The van der Waals surface area contributed by atoms with Gasteiger partial charge in [0.1, 0.15) is 6.54 Å². The smallest absolute Gasteiger partial charge is 0.242 e. The number of ether oxygens (including phenoxy) is 1. The average Bonchev–Trinajstić information content (AvgIpc) is 3.00. The van der Waals surface area contributed by atoms with Crippen molar-refractivity contribution in [1.29, 1.82) is 0 Å². The van der Waals surface area contributed by atoms with Gasteiger partial charge in [-0.1, -0.05) is 13.8 Å². The van der Waals surface area contributed by atoms with Gasteiger partial charge in [-0.05, 0) is 31.9 Å². The molecule has 6 nitrogen and oxygen atoms in total. The predicted octanol–water partition coefficient (Wildman–Crippen LogP) is 2.43. The van der Waals surface area contributed by atoms with Crippen LogP contribution in [0.2, 0.25) is 0 Å². The second-order valence-corrected chi connectivity index (χ2v) is 6.45. The molecule has 1 atom stereocenters. The number of aryl methyl sites for hydroxylation is 1. The van der Waals surface area contributed by atoms with Crippen LogP contribution in [0.5, 0.6) is 0 Å². The molecule has 1 aromatic heterocycles. The highest BCUT2D eigenvalue weighted by atomic mass is 16.5. The van der Waals surface area contributed by atoms with Crippen molar-refractivity contribution in [2.75, 3.05) is 26.8 Å². The van der Waals surface area contributed by atoms with Crippen molar-refractivity contribution in [2.24, 2.45) is 7.05 Å². The second kappa shape index (κ2) is 10.9. The molecular weight excluding hydrogens is 318 g/mol. The molecule has 142 valence electrons. The summed E-state index contributed by atoms with van der Waals surface area (Å²) >= 11 is 0. The average molecular weight is 351 g/mol. The topological polar surface area (TPSA) is 54.8 Å². The van der Waals surface area contributed by atoms with Gasteiger partial charge < -0.3 is 19.1 Å². The summed E-state index contributed by atoms with van der Waals surface area (Å²) in [7, 11) is 3.59. The Morgan fingerprint density at radius 3 is 2.52 bits per heavy atom. The minimum absolute atomic E-state index is 0.0389. The molecule has 0 radical (unpaired) electrons. The first-order valence-corrected chi connectivity index (χ1v) is 9.10. The zero-order chi connectivity index (χ0) is 18.8. The lowest BCUT2D eigenvalue weighted by Crippen LogP contribution is -2.47. The van der Waals surface area contributed by atoms with Crippen molar-refractivity contribution >= 4 is 11.8 Å². The van der Waals surface area contributed by atoms with E-state index < -0.39 is 0 Å². The maximum atomic E-state index is 12.9. The van der Waals surface area contributed by atoms with Crippen molar-refractivity contribution < 1.29 is 14.3 Å². The van der Waals surface area contributed by atoms with E-state index in [4.69, 9.17) is 4.74 Å². The van der Waals surface area contributed by atoms with E-state index >= 15 is 0 Å². The molecule has 25 heavy (non-hydrogen) atoms. The molecule has 0 aromatic carbocycles. The number of amides is 2. The van der Waals surface area contributed by atoms with Crippen LogP contribution in [-0.4, -0.2) is 59.0 Å². The molecule has 1 unspecified atom stereocenters. The first-order chi connectivity index (χ1) is 11.9. The van der Waals surface area contributed by atoms with Gasteiger partial charge in [0.15, 0.2) is 0 Å². The fourth-order valence-corrected chi connectivity index (χ4v) is 2.66. The van der Waals surface area contributed by atoms with Gasteiger partial charge in [-0.2, -0.15) is 0 Å². The highest BCUT2D eigenvalue weighted by Gasteiger charge is 2.24. The Labute approximate surface area is 151 Å². The molecule has 2 amide bonds. The summed E-state index contributed by atoms with van der Waals surface area (Å²) in [5.74, 6) is 0.0127. The number of methoxy groups -OCH3 is 1. The number of aromatic nitrogens is 1. The molecule has 0 aliphatic rings. The van der Waals surface area contributed by atoms with E-state index in [9.17, 15) is 9.59 Å². The Morgan fingerprint density at radius 1 is 1.28 bits per heavy atom. The largest absolute Gasteiger partial charge is 0.383 e. The lowest BCUT2D eigenvalue weighted by molar-refractivity contribution is -0.143. The van der Waals surface area contributed by atoms with Gasteiger partial charge >= 0.3 is 0 Å². The van der Waals surface area contributed by atoms with Crippen molar-refractivity contribution in [3.05, 3.63) is 24.0 Å². The molecule has 1 heterocycles. The van der Waals surface area contributed by atoms with Crippen LogP contribution in [0.4, 0.5) is 0 Å². The minimum atomic E-state index is -0.0389. The van der Waals surface area contributed by atoms with E-state index in [1.54, 1.807) is 16.9 Å². The number of rotatable bonds is 11. The lowest BCUT2D eigenvalue weighted by Gasteiger charge is -2.31. The summed E-state index contributed by atoms with van der Waals surface area (Å²) < 4.78 is 7.15. The van der Waals surface area contributed by atoms with Crippen LogP contribution in [0.15, 0.2) is 18.3 Å². The normalized spacial score (nSPS) is 12.0. The summed E-state index contributed by atoms with van der Waals surface area (Å²) in [5.41, 5.74) is 1.06. The molecule has 0 aliphatic heterocycles. The fourth-order valence-electron chi connectivity index (χ4n) is 2.66.